The molecule has 0 spiro atoms. The van der Waals surface area contributed by atoms with E-state index in [0.29, 0.717) is 31.2 Å². The van der Waals surface area contributed by atoms with Crippen molar-refractivity contribution in [3.8, 4) is 0 Å². The third-order valence-electron chi connectivity index (χ3n) is 2.85. The zero-order valence-electron chi connectivity index (χ0n) is 12.8. The van der Waals surface area contributed by atoms with Crippen LogP contribution in [-0.2, 0) is 9.47 Å². The Morgan fingerprint density at radius 2 is 2.05 bits per heavy atom. The van der Waals surface area contributed by atoms with E-state index in [2.05, 4.69) is 15.2 Å². The number of ether oxygens (including phenoxy) is 2. The highest BCUT2D eigenvalue weighted by atomic mass is 32.1. The third-order valence-corrected chi connectivity index (χ3v) is 3.98. The van der Waals surface area contributed by atoms with E-state index >= 15 is 0 Å². The van der Waals surface area contributed by atoms with E-state index in [-0.39, 0.29) is 11.7 Å². The van der Waals surface area contributed by atoms with Crippen LogP contribution >= 0.6 is 11.3 Å². The number of nitrogens with one attached hydrogen (secondary N) is 1. The third kappa shape index (κ3) is 5.49. The molecular weight excluding hydrogens is 292 g/mol. The minimum atomic E-state index is -0.209. The number of thiazole rings is 1. The molecule has 21 heavy (non-hydrogen) atoms. The van der Waals surface area contributed by atoms with E-state index in [0.717, 1.165) is 18.2 Å². The van der Waals surface area contributed by atoms with Crippen molar-refractivity contribution in [1.29, 1.82) is 0 Å². The van der Waals surface area contributed by atoms with Gasteiger partial charge in [0.05, 0.1) is 19.8 Å². The highest BCUT2D eigenvalue weighted by molar-refractivity contribution is 7.18. The molecule has 1 rings (SSSR count). The smallest absolute Gasteiger partial charge is 0.265 e. The summed E-state index contributed by atoms with van der Waals surface area (Å²) in [5, 5.41) is 3.55. The van der Waals surface area contributed by atoms with Gasteiger partial charge in [-0.25, -0.2) is 4.98 Å². The highest BCUT2D eigenvalue weighted by Gasteiger charge is 2.18. The predicted molar refractivity (Wildman–Crippen MR) is 85.1 cm³/mol. The molecule has 0 aliphatic heterocycles. The maximum Gasteiger partial charge on any atom is 0.265 e. The number of amides is 1. The molecule has 0 saturated carbocycles. The van der Waals surface area contributed by atoms with Gasteiger partial charge in [0.25, 0.3) is 5.91 Å². The maximum atomic E-state index is 12.0. The van der Waals surface area contributed by atoms with Crippen molar-refractivity contribution >= 4 is 28.2 Å². The molecule has 0 unspecified atom stereocenters. The van der Waals surface area contributed by atoms with Gasteiger partial charge in [-0.1, -0.05) is 11.3 Å². The molecule has 1 aromatic rings. The number of nitrogens with two attached hydrogens (primary N) is 1. The van der Waals surface area contributed by atoms with Crippen LogP contribution in [0.25, 0.3) is 0 Å². The molecule has 0 aliphatic carbocycles. The Morgan fingerprint density at radius 3 is 2.67 bits per heavy atom. The highest BCUT2D eigenvalue weighted by Crippen LogP contribution is 2.27. The van der Waals surface area contributed by atoms with Gasteiger partial charge in [-0.15, -0.1) is 0 Å². The Hall–Kier alpha value is -1.38. The Labute approximate surface area is 129 Å². The molecule has 1 heterocycles. The van der Waals surface area contributed by atoms with Crippen LogP contribution < -0.4 is 16.0 Å². The van der Waals surface area contributed by atoms with Gasteiger partial charge in [0.1, 0.15) is 10.7 Å². The van der Waals surface area contributed by atoms with Crippen LogP contribution in [0.4, 0.5) is 10.9 Å². The number of nitrogens with zero attached hydrogens (tertiary/aromatic N) is 2. The van der Waals surface area contributed by atoms with Crippen LogP contribution in [-0.4, -0.2) is 57.5 Å². The van der Waals surface area contributed by atoms with E-state index in [1.165, 1.54) is 11.3 Å². The molecular formula is C13H24N4O3S. The molecule has 0 aromatic carbocycles. The molecule has 1 amide bonds. The molecule has 120 valence electrons. The van der Waals surface area contributed by atoms with Crippen molar-refractivity contribution < 1.29 is 14.3 Å². The van der Waals surface area contributed by atoms with Crippen molar-refractivity contribution in [1.82, 2.24) is 10.3 Å². The number of carbonyl (C=O) groups excluding carboxylic acids is 1. The fourth-order valence-electron chi connectivity index (χ4n) is 1.67. The average Bonchev–Trinajstić information content (AvgIpc) is 2.86. The summed E-state index contributed by atoms with van der Waals surface area (Å²) in [4.78, 5) is 18.8. The number of methoxy groups -OCH3 is 1. The first-order valence-corrected chi connectivity index (χ1v) is 7.81. The second-order valence-corrected chi connectivity index (χ2v) is 5.22. The van der Waals surface area contributed by atoms with Gasteiger partial charge in [-0.05, 0) is 13.8 Å². The first-order chi connectivity index (χ1) is 10.1. The van der Waals surface area contributed by atoms with Crippen LogP contribution in [0.1, 0.15) is 23.5 Å². The fraction of sp³-hybridized carbons (Fsp3) is 0.692. The predicted octanol–water partition coefficient (Wildman–Crippen LogP) is 0.964. The van der Waals surface area contributed by atoms with Crippen LogP contribution in [0, 0.1) is 0 Å². The average molecular weight is 316 g/mol. The molecule has 0 atom stereocenters. The number of nitrogen functional groups attached to an aromatic ring is 1. The van der Waals surface area contributed by atoms with Crippen molar-refractivity contribution in [3.05, 3.63) is 4.88 Å². The summed E-state index contributed by atoms with van der Waals surface area (Å²) in [5.41, 5.74) is 5.82. The summed E-state index contributed by atoms with van der Waals surface area (Å²) in [5.74, 6) is 0.0680. The topological polar surface area (TPSA) is 89.7 Å². The summed E-state index contributed by atoms with van der Waals surface area (Å²) in [6, 6.07) is 0. The van der Waals surface area contributed by atoms with Crippen LogP contribution in [0.2, 0.25) is 0 Å². The molecule has 0 aliphatic rings. The van der Waals surface area contributed by atoms with Crippen LogP contribution in [0.5, 0.6) is 0 Å². The quantitative estimate of drug-likeness (QED) is 0.625. The van der Waals surface area contributed by atoms with E-state index in [1.807, 2.05) is 13.8 Å². The molecule has 0 bridgehead atoms. The van der Waals surface area contributed by atoms with Crippen molar-refractivity contribution in [2.24, 2.45) is 0 Å². The van der Waals surface area contributed by atoms with E-state index in [1.54, 1.807) is 7.11 Å². The molecule has 8 heteroatoms. The molecule has 3 N–H and O–H groups in total. The monoisotopic (exact) mass is 316 g/mol. The Morgan fingerprint density at radius 1 is 1.33 bits per heavy atom. The maximum absolute atomic E-state index is 12.0. The van der Waals surface area contributed by atoms with Gasteiger partial charge in [-0.2, -0.15) is 0 Å². The summed E-state index contributed by atoms with van der Waals surface area (Å²) in [7, 11) is 1.62. The summed E-state index contributed by atoms with van der Waals surface area (Å²) >= 11 is 1.31. The summed E-state index contributed by atoms with van der Waals surface area (Å²) in [6.45, 7) is 7.67. The summed E-state index contributed by atoms with van der Waals surface area (Å²) in [6.07, 6.45) is 0. The largest absolute Gasteiger partial charge is 0.382 e. The van der Waals surface area contributed by atoms with Gasteiger partial charge in [0.2, 0.25) is 0 Å². The lowest BCUT2D eigenvalue weighted by atomic mass is 10.4. The van der Waals surface area contributed by atoms with Crippen LogP contribution in [0.15, 0.2) is 0 Å². The number of rotatable bonds is 10. The number of anilines is 2. The molecule has 7 nitrogen and oxygen atoms in total. The van der Waals surface area contributed by atoms with Crippen LogP contribution in [0.3, 0.4) is 0 Å². The molecule has 0 saturated heterocycles. The Kier molecular flexibility index (Phi) is 8.03. The first-order valence-electron chi connectivity index (χ1n) is 7.00. The van der Waals surface area contributed by atoms with E-state index in [4.69, 9.17) is 15.2 Å². The number of hydrogen-bond donors (Lipinski definition) is 2. The standard InChI is InChI=1S/C13H24N4O3S/c1-4-17(5-2)13-16-11(14)10(21-13)12(18)15-6-7-20-9-8-19-3/h4-9,14H2,1-3H3,(H,15,18). The summed E-state index contributed by atoms with van der Waals surface area (Å²) < 4.78 is 10.1. The second kappa shape index (κ2) is 9.54. The Bertz CT molecular complexity index is 435. The van der Waals surface area contributed by atoms with Crippen molar-refractivity contribution in [2.45, 2.75) is 13.8 Å². The zero-order valence-corrected chi connectivity index (χ0v) is 13.7. The van der Waals surface area contributed by atoms with E-state index < -0.39 is 0 Å². The second-order valence-electron chi connectivity index (χ2n) is 4.24. The minimum absolute atomic E-state index is 0.209. The molecule has 0 radical (unpaired) electrons. The molecule has 0 fully saturated rings. The lowest BCUT2D eigenvalue weighted by Gasteiger charge is -2.16. The first kappa shape index (κ1) is 17.7. The minimum Gasteiger partial charge on any atom is -0.382 e. The Balaban J connectivity index is 2.47. The molecule has 1 aromatic heterocycles. The number of hydrogen-bond acceptors (Lipinski definition) is 7. The van der Waals surface area contributed by atoms with Crippen molar-refractivity contribution in [3.63, 3.8) is 0 Å². The number of carbonyl (C=O) groups is 1. The van der Waals surface area contributed by atoms with Gasteiger partial charge in [0, 0.05) is 26.7 Å². The van der Waals surface area contributed by atoms with Crippen molar-refractivity contribution in [2.75, 3.05) is 57.2 Å². The lowest BCUT2D eigenvalue weighted by molar-refractivity contribution is 0.0693. The van der Waals surface area contributed by atoms with Gasteiger partial charge < -0.3 is 25.4 Å². The van der Waals surface area contributed by atoms with E-state index in [9.17, 15) is 4.79 Å². The van der Waals surface area contributed by atoms with Gasteiger partial charge >= 0.3 is 0 Å². The van der Waals surface area contributed by atoms with Gasteiger partial charge in [0.15, 0.2) is 5.13 Å². The number of aromatic nitrogens is 1. The SMILES string of the molecule is CCN(CC)c1nc(N)c(C(=O)NCCOCCOC)s1. The zero-order chi connectivity index (χ0) is 15.7. The normalized spacial score (nSPS) is 10.6. The lowest BCUT2D eigenvalue weighted by Crippen LogP contribution is -2.27. The fourth-order valence-corrected chi connectivity index (χ4v) is 2.70. The van der Waals surface area contributed by atoms with Gasteiger partial charge in [-0.3, -0.25) is 4.79 Å².